The van der Waals surface area contributed by atoms with Crippen molar-refractivity contribution in [1.29, 1.82) is 0 Å². The third kappa shape index (κ3) is 3.35. The van der Waals surface area contributed by atoms with Gasteiger partial charge in [-0.3, -0.25) is 9.59 Å². The minimum Gasteiger partial charge on any atom is -0.348 e. The van der Waals surface area contributed by atoms with Crippen molar-refractivity contribution in [1.82, 2.24) is 24.6 Å². The fourth-order valence-electron chi connectivity index (χ4n) is 3.54. The zero-order valence-electron chi connectivity index (χ0n) is 15.0. The average molecular weight is 386 g/mol. The Hall–Kier alpha value is -2.67. The van der Waals surface area contributed by atoms with Crippen LogP contribution in [0.5, 0.6) is 0 Å². The molecule has 2 heterocycles. The summed E-state index contributed by atoms with van der Waals surface area (Å²) in [6, 6.07) is 7.14. The molecular formula is C19H20ClN5O2. The molecule has 4 rings (SSSR count). The van der Waals surface area contributed by atoms with Gasteiger partial charge in [-0.15, -0.1) is 0 Å². The summed E-state index contributed by atoms with van der Waals surface area (Å²) < 4.78 is 2.82. The molecule has 0 saturated heterocycles. The topological polar surface area (TPSA) is 81.8 Å². The van der Waals surface area contributed by atoms with E-state index in [0.29, 0.717) is 16.2 Å². The van der Waals surface area contributed by atoms with E-state index in [9.17, 15) is 9.59 Å². The van der Waals surface area contributed by atoms with Crippen LogP contribution in [0.2, 0.25) is 5.02 Å². The van der Waals surface area contributed by atoms with Gasteiger partial charge in [0.25, 0.3) is 11.5 Å². The summed E-state index contributed by atoms with van der Waals surface area (Å²) in [5.41, 5.74) is 1.05. The quantitative estimate of drug-likeness (QED) is 0.751. The molecule has 0 aliphatic heterocycles. The molecule has 0 radical (unpaired) electrons. The van der Waals surface area contributed by atoms with Gasteiger partial charge in [0.15, 0.2) is 11.2 Å². The number of hydrogen-bond donors (Lipinski definition) is 1. The number of rotatable bonds is 3. The number of carbonyl (C=O) groups excluding carboxylic acids is 1. The van der Waals surface area contributed by atoms with Crippen LogP contribution in [0, 0.1) is 0 Å². The minimum atomic E-state index is -0.298. The molecule has 0 atom stereocenters. The molecule has 0 unspecified atom stereocenters. The first kappa shape index (κ1) is 17.7. The van der Waals surface area contributed by atoms with Gasteiger partial charge < -0.3 is 9.88 Å². The number of amides is 1. The van der Waals surface area contributed by atoms with Gasteiger partial charge >= 0.3 is 0 Å². The molecule has 3 aromatic rings. The van der Waals surface area contributed by atoms with Crippen LogP contribution in [0.15, 0.2) is 35.4 Å². The van der Waals surface area contributed by atoms with Crippen molar-refractivity contribution >= 4 is 28.5 Å². The second kappa shape index (κ2) is 7.15. The lowest BCUT2D eigenvalue weighted by Crippen LogP contribution is -2.36. The third-order valence-electron chi connectivity index (χ3n) is 4.95. The highest BCUT2D eigenvalue weighted by Gasteiger charge is 2.24. The van der Waals surface area contributed by atoms with E-state index in [1.54, 1.807) is 31.3 Å². The van der Waals surface area contributed by atoms with Gasteiger partial charge in [0.2, 0.25) is 0 Å². The second-order valence-electron chi connectivity index (χ2n) is 6.91. The normalized spacial score (nSPS) is 15.2. The monoisotopic (exact) mass is 385 g/mol. The highest BCUT2D eigenvalue weighted by molar-refractivity contribution is 6.30. The van der Waals surface area contributed by atoms with Gasteiger partial charge in [-0.1, -0.05) is 36.9 Å². The molecule has 140 valence electrons. The van der Waals surface area contributed by atoms with E-state index < -0.39 is 0 Å². The Labute approximate surface area is 161 Å². The first-order valence-corrected chi connectivity index (χ1v) is 9.43. The van der Waals surface area contributed by atoms with E-state index in [4.69, 9.17) is 11.6 Å². The average Bonchev–Trinajstić information content (AvgIpc) is 3.06. The van der Waals surface area contributed by atoms with Gasteiger partial charge in [0.05, 0.1) is 12.0 Å². The van der Waals surface area contributed by atoms with E-state index in [0.717, 1.165) is 25.7 Å². The van der Waals surface area contributed by atoms with Gasteiger partial charge in [0, 0.05) is 18.1 Å². The Morgan fingerprint density at radius 3 is 2.78 bits per heavy atom. The molecule has 1 aliphatic rings. The summed E-state index contributed by atoms with van der Waals surface area (Å²) in [4.78, 5) is 29.9. The first-order chi connectivity index (χ1) is 13.0. The SMILES string of the molecule is Cn1cnc2c(C(=O)NC3CCCCC3)nn(-c3cccc(Cl)c3)c2c1=O. The van der Waals surface area contributed by atoms with Gasteiger partial charge in [-0.25, -0.2) is 9.67 Å². The molecule has 7 nitrogen and oxygen atoms in total. The number of carbonyl (C=O) groups is 1. The summed E-state index contributed by atoms with van der Waals surface area (Å²) in [7, 11) is 1.62. The van der Waals surface area contributed by atoms with Crippen LogP contribution in [0.1, 0.15) is 42.6 Å². The minimum absolute atomic E-state index is 0.143. The van der Waals surface area contributed by atoms with E-state index >= 15 is 0 Å². The van der Waals surface area contributed by atoms with Crippen LogP contribution in [0.25, 0.3) is 16.7 Å². The van der Waals surface area contributed by atoms with Crippen LogP contribution in [0.4, 0.5) is 0 Å². The smallest absolute Gasteiger partial charge is 0.279 e. The lowest BCUT2D eigenvalue weighted by atomic mass is 9.95. The molecule has 27 heavy (non-hydrogen) atoms. The molecule has 1 N–H and O–H groups in total. The van der Waals surface area contributed by atoms with Crippen molar-refractivity contribution in [2.45, 2.75) is 38.1 Å². The molecule has 1 fully saturated rings. The summed E-state index contributed by atoms with van der Waals surface area (Å²) >= 11 is 6.10. The Bertz CT molecular complexity index is 1070. The van der Waals surface area contributed by atoms with Crippen molar-refractivity contribution in [3.8, 4) is 5.69 Å². The molecule has 1 amide bonds. The number of nitrogens with zero attached hydrogens (tertiary/aromatic N) is 4. The number of nitrogens with one attached hydrogen (secondary N) is 1. The zero-order valence-corrected chi connectivity index (χ0v) is 15.7. The van der Waals surface area contributed by atoms with E-state index in [-0.39, 0.29) is 28.7 Å². The summed E-state index contributed by atoms with van der Waals surface area (Å²) in [6.07, 6.45) is 6.77. The molecule has 0 bridgehead atoms. The first-order valence-electron chi connectivity index (χ1n) is 9.06. The predicted molar refractivity (Wildman–Crippen MR) is 103 cm³/mol. The van der Waals surface area contributed by atoms with Gasteiger partial charge in [-0.2, -0.15) is 5.10 Å². The standard InChI is InChI=1S/C19H20ClN5O2/c1-24-11-21-15-16(18(26)22-13-7-3-2-4-8-13)23-25(17(15)19(24)27)14-9-5-6-12(20)10-14/h5-6,9-11,13H,2-4,7-8H2,1H3,(H,22,26). The van der Waals surface area contributed by atoms with Crippen LogP contribution < -0.4 is 10.9 Å². The Morgan fingerprint density at radius 1 is 1.26 bits per heavy atom. The lowest BCUT2D eigenvalue weighted by Gasteiger charge is -2.22. The largest absolute Gasteiger partial charge is 0.348 e. The maximum absolute atomic E-state index is 12.9. The molecule has 1 saturated carbocycles. The highest BCUT2D eigenvalue weighted by atomic mass is 35.5. The van der Waals surface area contributed by atoms with Gasteiger partial charge in [0.1, 0.15) is 5.52 Å². The number of aryl methyl sites for hydroxylation is 1. The molecule has 2 aromatic heterocycles. The van der Waals surface area contributed by atoms with Crippen LogP contribution in [-0.4, -0.2) is 31.3 Å². The Morgan fingerprint density at radius 2 is 2.04 bits per heavy atom. The van der Waals surface area contributed by atoms with Crippen LogP contribution >= 0.6 is 11.6 Å². The van der Waals surface area contributed by atoms with E-state index in [1.807, 2.05) is 0 Å². The van der Waals surface area contributed by atoms with E-state index in [1.165, 1.54) is 22.0 Å². The molecular weight excluding hydrogens is 366 g/mol. The number of benzene rings is 1. The zero-order chi connectivity index (χ0) is 19.0. The van der Waals surface area contributed by atoms with Crippen LogP contribution in [-0.2, 0) is 7.05 Å². The molecule has 0 spiro atoms. The number of hydrogen-bond acceptors (Lipinski definition) is 4. The predicted octanol–water partition coefficient (Wildman–Crippen LogP) is 2.84. The van der Waals surface area contributed by atoms with E-state index in [2.05, 4.69) is 15.4 Å². The van der Waals surface area contributed by atoms with Crippen molar-refractivity contribution < 1.29 is 4.79 Å². The maximum Gasteiger partial charge on any atom is 0.279 e. The van der Waals surface area contributed by atoms with Crippen molar-refractivity contribution in [3.63, 3.8) is 0 Å². The molecule has 8 heteroatoms. The molecule has 1 aromatic carbocycles. The summed E-state index contributed by atoms with van der Waals surface area (Å²) in [5.74, 6) is -0.298. The number of fused-ring (bicyclic) bond motifs is 1. The van der Waals surface area contributed by atoms with Crippen LogP contribution in [0.3, 0.4) is 0 Å². The Balaban J connectivity index is 1.83. The van der Waals surface area contributed by atoms with Crippen molar-refractivity contribution in [2.24, 2.45) is 7.05 Å². The second-order valence-corrected chi connectivity index (χ2v) is 7.34. The van der Waals surface area contributed by atoms with Gasteiger partial charge in [-0.05, 0) is 31.0 Å². The summed E-state index contributed by atoms with van der Waals surface area (Å²) in [6.45, 7) is 0. The fraction of sp³-hybridized carbons (Fsp3) is 0.368. The van der Waals surface area contributed by atoms with Crippen molar-refractivity contribution in [2.75, 3.05) is 0 Å². The third-order valence-corrected chi connectivity index (χ3v) is 5.19. The lowest BCUT2D eigenvalue weighted by molar-refractivity contribution is 0.0923. The molecule has 1 aliphatic carbocycles. The van der Waals surface area contributed by atoms with Crippen molar-refractivity contribution in [3.05, 3.63) is 51.7 Å². The maximum atomic E-state index is 12.9. The summed E-state index contributed by atoms with van der Waals surface area (Å²) in [5, 5.41) is 8.00. The Kier molecular flexibility index (Phi) is 4.70. The number of aromatic nitrogens is 4. The highest BCUT2D eigenvalue weighted by Crippen LogP contribution is 2.22. The number of halogens is 1. The fourth-order valence-corrected chi connectivity index (χ4v) is 3.72.